The fourth-order valence-corrected chi connectivity index (χ4v) is 2.35. The smallest absolute Gasteiger partial charge is 0.115 e. The number of phenolic OH excluding ortho intramolecular Hbond substituents is 1. The van der Waals surface area contributed by atoms with Crippen LogP contribution in [0.4, 0.5) is 0 Å². The van der Waals surface area contributed by atoms with Crippen LogP contribution in [0.15, 0.2) is 24.3 Å². The molecule has 1 heteroatoms. The van der Waals surface area contributed by atoms with Gasteiger partial charge in [0, 0.05) is 0 Å². The number of hydrogen-bond acceptors (Lipinski definition) is 1. The fraction of sp³-hybridized carbons (Fsp3) is 0.571. The lowest BCUT2D eigenvalue weighted by atomic mass is 10.1. The van der Waals surface area contributed by atoms with Gasteiger partial charge >= 0.3 is 0 Å². The molecule has 1 aromatic carbocycles. The van der Waals surface area contributed by atoms with Crippen molar-refractivity contribution in [1.29, 1.82) is 0 Å². The molecular weight excluding hydrogens is 184 g/mol. The Balaban J connectivity index is 1.80. The first-order valence-corrected chi connectivity index (χ1v) is 6.10. The molecule has 2 unspecified atom stereocenters. The molecule has 1 nitrogen and oxygen atoms in total. The van der Waals surface area contributed by atoms with Gasteiger partial charge in [-0.1, -0.05) is 38.3 Å². The molecule has 0 aromatic heterocycles. The molecule has 0 saturated heterocycles. The number of unbranched alkanes of at least 4 members (excludes halogenated alkanes) is 2. The third kappa shape index (κ3) is 2.74. The van der Waals surface area contributed by atoms with E-state index in [1.807, 2.05) is 0 Å². The SMILES string of the molecule is CCCCCC1CC1c1ccc(O)cc1. The van der Waals surface area contributed by atoms with Gasteiger partial charge in [-0.2, -0.15) is 0 Å². The topological polar surface area (TPSA) is 20.2 Å². The van der Waals surface area contributed by atoms with Gasteiger partial charge in [-0.3, -0.25) is 0 Å². The second-order valence-electron chi connectivity index (χ2n) is 4.69. The first kappa shape index (κ1) is 10.5. The minimum atomic E-state index is 0.377. The Bertz CT molecular complexity index is 302. The van der Waals surface area contributed by atoms with Crippen LogP contribution in [-0.2, 0) is 0 Å². The van der Waals surface area contributed by atoms with E-state index in [1.54, 1.807) is 12.1 Å². The molecule has 0 spiro atoms. The average molecular weight is 204 g/mol. The number of phenols is 1. The molecule has 1 aliphatic rings. The van der Waals surface area contributed by atoms with E-state index in [1.165, 1.54) is 37.7 Å². The minimum Gasteiger partial charge on any atom is -0.508 e. The first-order valence-electron chi connectivity index (χ1n) is 6.10. The third-order valence-corrected chi connectivity index (χ3v) is 3.42. The third-order valence-electron chi connectivity index (χ3n) is 3.42. The van der Waals surface area contributed by atoms with Gasteiger partial charge in [0.05, 0.1) is 0 Å². The van der Waals surface area contributed by atoms with Crippen molar-refractivity contribution in [3.63, 3.8) is 0 Å². The second-order valence-corrected chi connectivity index (χ2v) is 4.69. The molecule has 15 heavy (non-hydrogen) atoms. The zero-order chi connectivity index (χ0) is 10.7. The van der Waals surface area contributed by atoms with E-state index in [0.717, 1.165) is 11.8 Å². The maximum Gasteiger partial charge on any atom is 0.115 e. The van der Waals surface area contributed by atoms with Crippen LogP contribution in [0.1, 0.15) is 50.5 Å². The summed E-state index contributed by atoms with van der Waals surface area (Å²) >= 11 is 0. The van der Waals surface area contributed by atoms with E-state index in [9.17, 15) is 5.11 Å². The highest BCUT2D eigenvalue weighted by Crippen LogP contribution is 2.50. The van der Waals surface area contributed by atoms with Crippen molar-refractivity contribution in [3.05, 3.63) is 29.8 Å². The zero-order valence-corrected chi connectivity index (χ0v) is 9.45. The van der Waals surface area contributed by atoms with E-state index >= 15 is 0 Å². The van der Waals surface area contributed by atoms with Crippen LogP contribution in [0.5, 0.6) is 5.75 Å². The Hall–Kier alpha value is -0.980. The molecule has 1 saturated carbocycles. The number of rotatable bonds is 5. The summed E-state index contributed by atoms with van der Waals surface area (Å²) in [5.74, 6) is 2.07. The Labute approximate surface area is 92.1 Å². The van der Waals surface area contributed by atoms with E-state index in [2.05, 4.69) is 19.1 Å². The van der Waals surface area contributed by atoms with E-state index in [0.29, 0.717) is 5.75 Å². The van der Waals surface area contributed by atoms with Crippen molar-refractivity contribution in [2.75, 3.05) is 0 Å². The molecule has 1 aliphatic carbocycles. The minimum absolute atomic E-state index is 0.377. The number of hydrogen-bond donors (Lipinski definition) is 1. The molecule has 2 rings (SSSR count). The quantitative estimate of drug-likeness (QED) is 0.717. The van der Waals surface area contributed by atoms with Crippen molar-refractivity contribution >= 4 is 0 Å². The maximum atomic E-state index is 9.20. The molecule has 82 valence electrons. The monoisotopic (exact) mass is 204 g/mol. The normalized spacial score (nSPS) is 24.1. The molecule has 2 atom stereocenters. The lowest BCUT2D eigenvalue weighted by molar-refractivity contribution is 0.475. The molecule has 0 bridgehead atoms. The van der Waals surface area contributed by atoms with Crippen molar-refractivity contribution < 1.29 is 5.11 Å². The predicted molar refractivity (Wildman–Crippen MR) is 63.1 cm³/mol. The van der Waals surface area contributed by atoms with Gasteiger partial charge in [-0.25, -0.2) is 0 Å². The summed E-state index contributed by atoms with van der Waals surface area (Å²) in [6, 6.07) is 7.74. The number of benzene rings is 1. The highest BCUT2D eigenvalue weighted by molar-refractivity contribution is 5.31. The van der Waals surface area contributed by atoms with Crippen LogP contribution in [-0.4, -0.2) is 5.11 Å². The lowest BCUT2D eigenvalue weighted by Gasteiger charge is -2.01. The Kier molecular flexibility index (Phi) is 3.30. The lowest BCUT2D eigenvalue weighted by Crippen LogP contribution is -1.84. The molecule has 0 radical (unpaired) electrons. The Morgan fingerprint density at radius 3 is 2.60 bits per heavy atom. The van der Waals surface area contributed by atoms with Crippen molar-refractivity contribution in [3.8, 4) is 5.75 Å². The highest BCUT2D eigenvalue weighted by Gasteiger charge is 2.37. The summed E-state index contributed by atoms with van der Waals surface area (Å²) in [5.41, 5.74) is 1.41. The van der Waals surface area contributed by atoms with Crippen LogP contribution >= 0.6 is 0 Å². The molecule has 1 fully saturated rings. The molecule has 1 N–H and O–H groups in total. The predicted octanol–water partition coefficient (Wildman–Crippen LogP) is 4.08. The molecule has 0 heterocycles. The maximum absolute atomic E-state index is 9.20. The Morgan fingerprint density at radius 2 is 1.93 bits per heavy atom. The van der Waals surface area contributed by atoms with Crippen molar-refractivity contribution in [1.82, 2.24) is 0 Å². The van der Waals surface area contributed by atoms with E-state index in [-0.39, 0.29) is 0 Å². The van der Waals surface area contributed by atoms with Gasteiger partial charge in [0.2, 0.25) is 0 Å². The van der Waals surface area contributed by atoms with Crippen LogP contribution in [0.2, 0.25) is 0 Å². The van der Waals surface area contributed by atoms with Crippen LogP contribution in [0.3, 0.4) is 0 Å². The van der Waals surface area contributed by atoms with Gasteiger partial charge < -0.3 is 5.11 Å². The zero-order valence-electron chi connectivity index (χ0n) is 9.45. The standard InChI is InChI=1S/C14H20O/c1-2-3-4-5-12-10-14(12)11-6-8-13(15)9-7-11/h6-9,12,14-15H,2-5,10H2,1H3. The summed E-state index contributed by atoms with van der Waals surface area (Å²) in [7, 11) is 0. The summed E-state index contributed by atoms with van der Waals surface area (Å²) in [5, 5.41) is 9.20. The largest absolute Gasteiger partial charge is 0.508 e. The number of aromatic hydroxyl groups is 1. The molecule has 1 aromatic rings. The van der Waals surface area contributed by atoms with Gasteiger partial charge in [0.25, 0.3) is 0 Å². The summed E-state index contributed by atoms with van der Waals surface area (Å²) in [6.45, 7) is 2.25. The fourth-order valence-electron chi connectivity index (χ4n) is 2.35. The summed E-state index contributed by atoms with van der Waals surface area (Å²) in [6.07, 6.45) is 6.82. The highest BCUT2D eigenvalue weighted by atomic mass is 16.3. The van der Waals surface area contributed by atoms with Gasteiger partial charge in [-0.15, -0.1) is 0 Å². The van der Waals surface area contributed by atoms with Crippen LogP contribution in [0, 0.1) is 5.92 Å². The van der Waals surface area contributed by atoms with E-state index < -0.39 is 0 Å². The first-order chi connectivity index (χ1) is 7.31. The Morgan fingerprint density at radius 1 is 1.20 bits per heavy atom. The van der Waals surface area contributed by atoms with Gasteiger partial charge in [0.1, 0.15) is 5.75 Å². The van der Waals surface area contributed by atoms with Crippen LogP contribution < -0.4 is 0 Å². The molecule has 0 aliphatic heterocycles. The van der Waals surface area contributed by atoms with Crippen molar-refractivity contribution in [2.24, 2.45) is 5.92 Å². The molecular formula is C14H20O. The van der Waals surface area contributed by atoms with Crippen LogP contribution in [0.25, 0.3) is 0 Å². The van der Waals surface area contributed by atoms with E-state index in [4.69, 9.17) is 0 Å². The summed E-state index contributed by atoms with van der Waals surface area (Å²) in [4.78, 5) is 0. The van der Waals surface area contributed by atoms with Gasteiger partial charge in [-0.05, 0) is 42.4 Å². The van der Waals surface area contributed by atoms with Crippen molar-refractivity contribution in [2.45, 2.75) is 44.9 Å². The van der Waals surface area contributed by atoms with Gasteiger partial charge in [0.15, 0.2) is 0 Å². The summed E-state index contributed by atoms with van der Waals surface area (Å²) < 4.78 is 0. The second kappa shape index (κ2) is 4.69. The average Bonchev–Trinajstić information content (AvgIpc) is 2.99. The molecule has 0 amide bonds.